The Balaban J connectivity index is 2.18. The maximum Gasteiger partial charge on any atom is 0.327 e. The quantitative estimate of drug-likeness (QED) is 0.610. The van der Waals surface area contributed by atoms with Gasteiger partial charge in [-0.15, -0.1) is 0 Å². The molecule has 0 unspecified atom stereocenters. The molecule has 0 aromatic carbocycles. The van der Waals surface area contributed by atoms with Gasteiger partial charge < -0.3 is 15.2 Å². The molecule has 17 heavy (non-hydrogen) atoms. The number of nitrogen functional groups attached to an aromatic ring is 1. The molecule has 0 saturated heterocycles. The third-order valence-corrected chi connectivity index (χ3v) is 1.83. The third-order valence-electron chi connectivity index (χ3n) is 1.83. The van der Waals surface area contributed by atoms with Crippen LogP contribution in [0.3, 0.4) is 0 Å². The van der Waals surface area contributed by atoms with Crippen LogP contribution in [0.25, 0.3) is 0 Å². The number of rotatable bonds is 5. The average molecular weight is 241 g/mol. The molecule has 0 amide bonds. The number of carbonyl (C=O) groups excluding carboxylic acids is 1. The van der Waals surface area contributed by atoms with E-state index in [-0.39, 0.29) is 24.7 Å². The van der Waals surface area contributed by atoms with Crippen molar-refractivity contribution in [1.29, 1.82) is 0 Å². The Labute approximate surface area is 101 Å². The van der Waals surface area contributed by atoms with Gasteiger partial charge in [-0.1, -0.05) is 0 Å². The summed E-state index contributed by atoms with van der Waals surface area (Å²) in [6.45, 7) is 6.53. The number of hydrogen-bond donors (Lipinski definition) is 1. The molecule has 0 aliphatic carbocycles. The van der Waals surface area contributed by atoms with Gasteiger partial charge in [0.25, 0.3) is 0 Å². The molecule has 0 aliphatic heterocycles. The molecule has 6 heteroatoms. The monoisotopic (exact) mass is 241 g/mol. The lowest BCUT2D eigenvalue weighted by Gasteiger charge is -2.19. The number of esters is 1. The van der Waals surface area contributed by atoms with Crippen LogP contribution in [0.1, 0.15) is 20.8 Å². The number of anilines is 1. The zero-order chi connectivity index (χ0) is 12.9. The van der Waals surface area contributed by atoms with E-state index in [0.717, 1.165) is 0 Å². The van der Waals surface area contributed by atoms with E-state index in [2.05, 4.69) is 5.10 Å². The summed E-state index contributed by atoms with van der Waals surface area (Å²) >= 11 is 0. The lowest BCUT2D eigenvalue weighted by atomic mass is 10.2. The molecule has 1 aromatic rings. The molecule has 0 atom stereocenters. The van der Waals surface area contributed by atoms with Crippen molar-refractivity contribution in [2.75, 3.05) is 18.9 Å². The Morgan fingerprint density at radius 1 is 1.47 bits per heavy atom. The molecule has 0 saturated carbocycles. The van der Waals surface area contributed by atoms with Crippen LogP contribution in [0.15, 0.2) is 12.3 Å². The van der Waals surface area contributed by atoms with Crippen molar-refractivity contribution in [3.63, 3.8) is 0 Å². The van der Waals surface area contributed by atoms with Crippen LogP contribution in [0.2, 0.25) is 0 Å². The van der Waals surface area contributed by atoms with Gasteiger partial charge in [0.1, 0.15) is 19.0 Å². The molecular formula is C11H19N3O3. The Morgan fingerprint density at radius 3 is 2.71 bits per heavy atom. The van der Waals surface area contributed by atoms with Gasteiger partial charge in [0.2, 0.25) is 0 Å². The summed E-state index contributed by atoms with van der Waals surface area (Å²) in [6, 6.07) is 1.62. The van der Waals surface area contributed by atoms with Crippen molar-refractivity contribution < 1.29 is 14.3 Å². The molecule has 1 aromatic heterocycles. The first-order valence-corrected chi connectivity index (χ1v) is 5.45. The summed E-state index contributed by atoms with van der Waals surface area (Å²) in [6.07, 6.45) is 1.63. The summed E-state index contributed by atoms with van der Waals surface area (Å²) < 4.78 is 11.8. The fourth-order valence-electron chi connectivity index (χ4n) is 1.15. The van der Waals surface area contributed by atoms with E-state index in [1.165, 1.54) is 4.68 Å². The fourth-order valence-corrected chi connectivity index (χ4v) is 1.15. The molecule has 1 rings (SSSR count). The Bertz CT molecular complexity index is 368. The minimum absolute atomic E-state index is 0.0622. The summed E-state index contributed by atoms with van der Waals surface area (Å²) in [7, 11) is 0. The van der Waals surface area contributed by atoms with Crippen molar-refractivity contribution in [2.24, 2.45) is 0 Å². The van der Waals surface area contributed by atoms with E-state index in [4.69, 9.17) is 15.2 Å². The predicted octanol–water partition coefficient (Wildman–Crippen LogP) is 0.824. The van der Waals surface area contributed by atoms with Crippen LogP contribution in [-0.4, -0.2) is 34.6 Å². The molecule has 6 nitrogen and oxygen atoms in total. The highest BCUT2D eigenvalue weighted by molar-refractivity contribution is 5.69. The number of ether oxygens (including phenoxy) is 2. The molecular weight excluding hydrogens is 222 g/mol. The zero-order valence-electron chi connectivity index (χ0n) is 10.5. The topological polar surface area (TPSA) is 79.4 Å². The van der Waals surface area contributed by atoms with Crippen LogP contribution < -0.4 is 5.73 Å². The predicted molar refractivity (Wildman–Crippen MR) is 63.3 cm³/mol. The van der Waals surface area contributed by atoms with E-state index >= 15 is 0 Å². The van der Waals surface area contributed by atoms with E-state index in [1.807, 2.05) is 20.8 Å². The van der Waals surface area contributed by atoms with Crippen LogP contribution in [-0.2, 0) is 20.8 Å². The van der Waals surface area contributed by atoms with Gasteiger partial charge in [-0.3, -0.25) is 9.48 Å². The van der Waals surface area contributed by atoms with Gasteiger partial charge in [0.05, 0.1) is 12.2 Å². The molecule has 0 radical (unpaired) electrons. The van der Waals surface area contributed by atoms with E-state index in [1.54, 1.807) is 12.3 Å². The van der Waals surface area contributed by atoms with Gasteiger partial charge >= 0.3 is 5.97 Å². The second-order valence-corrected chi connectivity index (χ2v) is 4.62. The van der Waals surface area contributed by atoms with Crippen molar-refractivity contribution >= 4 is 11.8 Å². The SMILES string of the molecule is CC(C)(C)OCCOC(=O)Cn1ccc(N)n1. The Hall–Kier alpha value is -1.56. The van der Waals surface area contributed by atoms with Gasteiger partial charge in [-0.25, -0.2) is 0 Å². The fraction of sp³-hybridized carbons (Fsp3) is 0.636. The van der Waals surface area contributed by atoms with Crippen LogP contribution in [0.5, 0.6) is 0 Å². The highest BCUT2D eigenvalue weighted by Gasteiger charge is 2.10. The summed E-state index contributed by atoms with van der Waals surface area (Å²) in [4.78, 5) is 11.4. The highest BCUT2D eigenvalue weighted by Crippen LogP contribution is 2.05. The molecule has 96 valence electrons. The molecule has 0 spiro atoms. The van der Waals surface area contributed by atoms with Gasteiger partial charge in [0, 0.05) is 6.20 Å². The smallest absolute Gasteiger partial charge is 0.327 e. The van der Waals surface area contributed by atoms with Gasteiger partial charge in [-0.2, -0.15) is 5.10 Å². The van der Waals surface area contributed by atoms with Crippen molar-refractivity contribution in [3.05, 3.63) is 12.3 Å². The first-order chi connectivity index (χ1) is 7.87. The first-order valence-electron chi connectivity index (χ1n) is 5.45. The summed E-state index contributed by atoms with van der Waals surface area (Å²) in [5, 5.41) is 3.88. The number of nitrogens with zero attached hydrogens (tertiary/aromatic N) is 2. The van der Waals surface area contributed by atoms with Gasteiger partial charge in [-0.05, 0) is 26.8 Å². The largest absolute Gasteiger partial charge is 0.462 e. The zero-order valence-corrected chi connectivity index (χ0v) is 10.5. The molecule has 1 heterocycles. The van der Waals surface area contributed by atoms with E-state index < -0.39 is 0 Å². The van der Waals surface area contributed by atoms with Crippen LogP contribution in [0.4, 0.5) is 5.82 Å². The first kappa shape index (κ1) is 13.5. The summed E-state index contributed by atoms with van der Waals surface area (Å²) in [5.41, 5.74) is 5.20. The van der Waals surface area contributed by atoms with E-state index in [0.29, 0.717) is 12.4 Å². The number of hydrogen-bond acceptors (Lipinski definition) is 5. The van der Waals surface area contributed by atoms with E-state index in [9.17, 15) is 4.79 Å². The lowest BCUT2D eigenvalue weighted by Crippen LogP contribution is -2.23. The standard InChI is InChI=1S/C11H19N3O3/c1-11(2,3)17-7-6-16-10(15)8-14-5-4-9(12)13-14/h4-5H,6-8H2,1-3H3,(H2,12,13). The normalized spacial score (nSPS) is 11.5. The number of aromatic nitrogens is 2. The summed E-state index contributed by atoms with van der Waals surface area (Å²) in [5.74, 6) is 0.0273. The second kappa shape index (κ2) is 5.67. The highest BCUT2D eigenvalue weighted by atomic mass is 16.6. The van der Waals surface area contributed by atoms with Gasteiger partial charge in [0.15, 0.2) is 0 Å². The Kier molecular flexibility index (Phi) is 4.51. The van der Waals surface area contributed by atoms with Crippen molar-refractivity contribution in [3.8, 4) is 0 Å². The Morgan fingerprint density at radius 2 is 2.18 bits per heavy atom. The maximum atomic E-state index is 11.4. The number of nitrogens with two attached hydrogens (primary N) is 1. The molecule has 0 bridgehead atoms. The average Bonchev–Trinajstić information content (AvgIpc) is 2.57. The maximum absolute atomic E-state index is 11.4. The lowest BCUT2D eigenvalue weighted by molar-refractivity contribution is -0.147. The van der Waals surface area contributed by atoms with Crippen molar-refractivity contribution in [2.45, 2.75) is 32.9 Å². The van der Waals surface area contributed by atoms with Crippen molar-refractivity contribution in [1.82, 2.24) is 9.78 Å². The molecule has 0 aliphatic rings. The molecule has 2 N–H and O–H groups in total. The minimum atomic E-state index is -0.356. The third kappa shape index (κ3) is 5.91. The second-order valence-electron chi connectivity index (χ2n) is 4.62. The molecule has 0 fully saturated rings. The van der Waals surface area contributed by atoms with Crippen LogP contribution in [0, 0.1) is 0 Å². The van der Waals surface area contributed by atoms with Crippen LogP contribution >= 0.6 is 0 Å². The minimum Gasteiger partial charge on any atom is -0.462 e. The number of carbonyl (C=O) groups is 1.